The number of rotatable bonds is 7. The molecule has 0 radical (unpaired) electrons. The number of nitrogens with one attached hydrogen (secondary N) is 1. The van der Waals surface area contributed by atoms with Crippen LogP contribution in [-0.4, -0.2) is 19.0 Å². The van der Waals surface area contributed by atoms with Crippen molar-refractivity contribution >= 4 is 11.6 Å². The molecule has 0 aliphatic carbocycles. The van der Waals surface area contributed by atoms with Crippen LogP contribution < -0.4 is 5.32 Å². The molecule has 0 aromatic carbocycles. The lowest BCUT2D eigenvalue weighted by Crippen LogP contribution is -2.16. The van der Waals surface area contributed by atoms with Crippen LogP contribution >= 0.6 is 11.6 Å². The van der Waals surface area contributed by atoms with Crippen LogP contribution in [0, 0.1) is 0 Å². The minimum atomic E-state index is 0.779. The highest BCUT2D eigenvalue weighted by Gasteiger charge is 1.85. The van der Waals surface area contributed by atoms with Crippen LogP contribution in [-0.2, 0) is 0 Å². The number of halogens is 1. The first-order chi connectivity index (χ1) is 4.91. The van der Waals surface area contributed by atoms with E-state index in [0.717, 1.165) is 25.4 Å². The van der Waals surface area contributed by atoms with E-state index in [9.17, 15) is 0 Å². The van der Waals surface area contributed by atoms with E-state index in [-0.39, 0.29) is 0 Å². The molecule has 1 nitrogen and oxygen atoms in total. The minimum absolute atomic E-state index is 0.779. The summed E-state index contributed by atoms with van der Waals surface area (Å²) in [6.45, 7) is 4.46. The Bertz CT molecular complexity index is 49.2. The van der Waals surface area contributed by atoms with Gasteiger partial charge in [-0.25, -0.2) is 0 Å². The van der Waals surface area contributed by atoms with Crippen LogP contribution in [0.5, 0.6) is 0 Å². The third-order valence-electron chi connectivity index (χ3n) is 1.44. The minimum Gasteiger partial charge on any atom is -0.317 e. The third kappa shape index (κ3) is 8.25. The predicted molar refractivity (Wildman–Crippen MR) is 47.7 cm³/mol. The fourth-order valence-corrected chi connectivity index (χ4v) is 0.950. The summed E-state index contributed by atoms with van der Waals surface area (Å²) in [7, 11) is 0. The average Bonchev–Trinajstić information content (AvgIpc) is 1.97. The molecule has 0 atom stereocenters. The molecule has 0 spiro atoms. The Morgan fingerprint density at radius 3 is 2.40 bits per heavy atom. The van der Waals surface area contributed by atoms with E-state index < -0.39 is 0 Å². The van der Waals surface area contributed by atoms with Gasteiger partial charge in [0, 0.05) is 5.88 Å². The number of alkyl halides is 1. The summed E-state index contributed by atoms with van der Waals surface area (Å²) in [6.07, 6.45) is 5.04. The van der Waals surface area contributed by atoms with Gasteiger partial charge in [-0.05, 0) is 25.9 Å². The van der Waals surface area contributed by atoms with Crippen molar-refractivity contribution in [2.45, 2.75) is 32.6 Å². The van der Waals surface area contributed by atoms with Crippen molar-refractivity contribution in [1.82, 2.24) is 5.32 Å². The maximum atomic E-state index is 5.50. The lowest BCUT2D eigenvalue weighted by atomic mass is 10.2. The van der Waals surface area contributed by atoms with E-state index in [1.54, 1.807) is 0 Å². The summed E-state index contributed by atoms with van der Waals surface area (Å²) in [5.41, 5.74) is 0. The molecule has 62 valence electrons. The van der Waals surface area contributed by atoms with Gasteiger partial charge < -0.3 is 5.32 Å². The molecule has 0 unspecified atom stereocenters. The quantitative estimate of drug-likeness (QED) is 0.449. The molecule has 0 bridgehead atoms. The van der Waals surface area contributed by atoms with Crippen LogP contribution in [0.2, 0.25) is 0 Å². The summed E-state index contributed by atoms with van der Waals surface area (Å²) >= 11 is 5.50. The first kappa shape index (κ1) is 10.2. The third-order valence-corrected chi connectivity index (χ3v) is 1.71. The Morgan fingerprint density at radius 2 is 1.80 bits per heavy atom. The Labute approximate surface area is 69.1 Å². The second kappa shape index (κ2) is 9.25. The molecule has 0 aliphatic heterocycles. The summed E-state index contributed by atoms with van der Waals surface area (Å²) in [6, 6.07) is 0. The lowest BCUT2D eigenvalue weighted by Gasteiger charge is -2.00. The van der Waals surface area contributed by atoms with Crippen molar-refractivity contribution in [3.05, 3.63) is 0 Å². The number of hydrogen-bond donors (Lipinski definition) is 1. The Kier molecular flexibility index (Phi) is 9.48. The normalized spacial score (nSPS) is 10.2. The van der Waals surface area contributed by atoms with E-state index in [4.69, 9.17) is 11.6 Å². The standard InChI is InChI=1S/C8H18ClN/c1-2-3-4-7-10-8-5-6-9/h10H,2-8H2,1H3. The zero-order valence-electron chi connectivity index (χ0n) is 6.83. The van der Waals surface area contributed by atoms with Crippen LogP contribution in [0.15, 0.2) is 0 Å². The highest BCUT2D eigenvalue weighted by Crippen LogP contribution is 1.91. The van der Waals surface area contributed by atoms with E-state index in [2.05, 4.69) is 12.2 Å². The van der Waals surface area contributed by atoms with Gasteiger partial charge in [0.05, 0.1) is 0 Å². The van der Waals surface area contributed by atoms with Crippen molar-refractivity contribution in [3.63, 3.8) is 0 Å². The van der Waals surface area contributed by atoms with Gasteiger partial charge in [0.25, 0.3) is 0 Å². The molecular weight excluding hydrogens is 146 g/mol. The Balaban J connectivity index is 2.65. The second-order valence-electron chi connectivity index (χ2n) is 2.50. The fourth-order valence-electron chi connectivity index (χ4n) is 0.817. The topological polar surface area (TPSA) is 12.0 Å². The van der Waals surface area contributed by atoms with E-state index >= 15 is 0 Å². The van der Waals surface area contributed by atoms with Gasteiger partial charge in [-0.2, -0.15) is 0 Å². The van der Waals surface area contributed by atoms with Crippen molar-refractivity contribution in [1.29, 1.82) is 0 Å². The van der Waals surface area contributed by atoms with Gasteiger partial charge >= 0.3 is 0 Å². The Hall–Kier alpha value is 0.250. The largest absolute Gasteiger partial charge is 0.317 e. The van der Waals surface area contributed by atoms with Gasteiger partial charge in [-0.1, -0.05) is 19.8 Å². The summed E-state index contributed by atoms with van der Waals surface area (Å²) < 4.78 is 0. The van der Waals surface area contributed by atoms with Gasteiger partial charge in [0.15, 0.2) is 0 Å². The fraction of sp³-hybridized carbons (Fsp3) is 1.00. The van der Waals surface area contributed by atoms with Crippen LogP contribution in [0.1, 0.15) is 32.6 Å². The number of hydrogen-bond acceptors (Lipinski definition) is 1. The molecule has 10 heavy (non-hydrogen) atoms. The maximum Gasteiger partial charge on any atom is 0.0235 e. The highest BCUT2D eigenvalue weighted by molar-refractivity contribution is 6.17. The zero-order valence-corrected chi connectivity index (χ0v) is 7.58. The van der Waals surface area contributed by atoms with Crippen LogP contribution in [0.4, 0.5) is 0 Å². The SMILES string of the molecule is CCCCCNCCCCl. The Morgan fingerprint density at radius 1 is 1.10 bits per heavy atom. The zero-order chi connectivity index (χ0) is 7.66. The second-order valence-corrected chi connectivity index (χ2v) is 2.88. The predicted octanol–water partition coefficient (Wildman–Crippen LogP) is 2.40. The van der Waals surface area contributed by atoms with Gasteiger partial charge in [-0.15, -0.1) is 11.6 Å². The molecule has 0 heterocycles. The molecule has 0 aromatic rings. The number of unbranched alkanes of at least 4 members (excludes halogenated alkanes) is 2. The molecule has 0 rings (SSSR count). The monoisotopic (exact) mass is 163 g/mol. The van der Waals surface area contributed by atoms with Crippen molar-refractivity contribution in [2.24, 2.45) is 0 Å². The van der Waals surface area contributed by atoms with E-state index in [1.165, 1.54) is 19.3 Å². The average molecular weight is 164 g/mol. The summed E-state index contributed by atoms with van der Waals surface area (Å²) in [5, 5.41) is 3.34. The van der Waals surface area contributed by atoms with Gasteiger partial charge in [-0.3, -0.25) is 0 Å². The van der Waals surface area contributed by atoms with Crippen molar-refractivity contribution < 1.29 is 0 Å². The summed E-state index contributed by atoms with van der Waals surface area (Å²) in [4.78, 5) is 0. The lowest BCUT2D eigenvalue weighted by molar-refractivity contribution is 0.612. The molecule has 2 heteroatoms. The summed E-state index contributed by atoms with van der Waals surface area (Å²) in [5.74, 6) is 0.779. The molecule has 0 aromatic heterocycles. The molecule has 0 aliphatic rings. The van der Waals surface area contributed by atoms with Crippen LogP contribution in [0.25, 0.3) is 0 Å². The molecule has 1 N–H and O–H groups in total. The molecule has 0 saturated carbocycles. The first-order valence-corrected chi connectivity index (χ1v) is 4.72. The van der Waals surface area contributed by atoms with Gasteiger partial charge in [0.2, 0.25) is 0 Å². The van der Waals surface area contributed by atoms with Gasteiger partial charge in [0.1, 0.15) is 0 Å². The molecular formula is C8H18ClN. The van der Waals surface area contributed by atoms with Crippen molar-refractivity contribution in [3.8, 4) is 0 Å². The smallest absolute Gasteiger partial charge is 0.0235 e. The molecule has 0 fully saturated rings. The maximum absolute atomic E-state index is 5.50. The first-order valence-electron chi connectivity index (χ1n) is 4.18. The van der Waals surface area contributed by atoms with Crippen molar-refractivity contribution in [2.75, 3.05) is 19.0 Å². The van der Waals surface area contributed by atoms with E-state index in [0.29, 0.717) is 0 Å². The molecule has 0 amide bonds. The van der Waals surface area contributed by atoms with Crippen LogP contribution in [0.3, 0.4) is 0 Å². The highest BCUT2D eigenvalue weighted by atomic mass is 35.5. The molecule has 0 saturated heterocycles. The van der Waals surface area contributed by atoms with E-state index in [1.807, 2.05) is 0 Å².